The van der Waals surface area contributed by atoms with E-state index in [4.69, 9.17) is 4.74 Å². The number of nitrogens with one attached hydrogen (secondary N) is 2. The molecule has 1 heterocycles. The fourth-order valence-corrected chi connectivity index (χ4v) is 4.68. The first kappa shape index (κ1) is 20.8. The Balaban J connectivity index is 1.64. The summed E-state index contributed by atoms with van der Waals surface area (Å²) in [7, 11) is 0. The molecule has 2 aliphatic rings. The van der Waals surface area contributed by atoms with Crippen molar-refractivity contribution in [2.75, 3.05) is 5.32 Å². The van der Waals surface area contributed by atoms with Crippen molar-refractivity contribution < 1.29 is 19.1 Å². The Labute approximate surface area is 170 Å². The van der Waals surface area contributed by atoms with Crippen LogP contribution in [0.25, 0.3) is 0 Å². The predicted molar refractivity (Wildman–Crippen MR) is 110 cm³/mol. The molecule has 28 heavy (non-hydrogen) atoms. The molecule has 2 fully saturated rings. The molecule has 6 nitrogen and oxygen atoms in total. The van der Waals surface area contributed by atoms with Crippen molar-refractivity contribution in [1.29, 1.82) is 0 Å². The van der Waals surface area contributed by atoms with Gasteiger partial charge in [0.25, 0.3) is 5.91 Å². The average molecular weight is 407 g/mol. The van der Waals surface area contributed by atoms with Gasteiger partial charge in [0, 0.05) is 16.8 Å². The number of carbonyl (C=O) groups excluding carboxylic acids is 3. The summed E-state index contributed by atoms with van der Waals surface area (Å²) in [6.45, 7) is 7.48. The monoisotopic (exact) mass is 406 g/mol. The molecule has 7 heteroatoms. The topological polar surface area (TPSA) is 84.5 Å². The molecule has 2 amide bonds. The maximum Gasteiger partial charge on any atom is 0.342 e. The van der Waals surface area contributed by atoms with E-state index in [9.17, 15) is 14.4 Å². The van der Waals surface area contributed by atoms with E-state index in [0.717, 1.165) is 42.5 Å². The number of carbonyl (C=O) groups is 3. The fraction of sp³-hybridized carbons (Fsp3) is 0.667. The normalized spacial score (nSPS) is 23.0. The summed E-state index contributed by atoms with van der Waals surface area (Å²) in [5.74, 6) is -0.389. The molecule has 0 saturated heterocycles. The van der Waals surface area contributed by atoms with Gasteiger partial charge in [-0.3, -0.25) is 9.59 Å². The van der Waals surface area contributed by atoms with Crippen LogP contribution >= 0.6 is 11.3 Å². The van der Waals surface area contributed by atoms with Crippen LogP contribution in [-0.4, -0.2) is 29.9 Å². The molecule has 3 atom stereocenters. The van der Waals surface area contributed by atoms with Gasteiger partial charge >= 0.3 is 5.97 Å². The molecule has 1 aromatic heterocycles. The van der Waals surface area contributed by atoms with Crippen LogP contribution in [0, 0.1) is 25.7 Å². The number of anilines is 1. The molecular weight excluding hydrogens is 376 g/mol. The molecule has 3 rings (SSSR count). The Hall–Kier alpha value is -1.89. The summed E-state index contributed by atoms with van der Waals surface area (Å²) in [5.41, 5.74) is 1.15. The third kappa shape index (κ3) is 4.74. The molecule has 154 valence electrons. The van der Waals surface area contributed by atoms with Crippen molar-refractivity contribution >= 4 is 34.1 Å². The van der Waals surface area contributed by atoms with Crippen LogP contribution in [0.15, 0.2) is 0 Å². The summed E-state index contributed by atoms with van der Waals surface area (Å²) < 4.78 is 5.47. The summed E-state index contributed by atoms with van der Waals surface area (Å²) >= 11 is 1.37. The maximum absolute atomic E-state index is 12.8. The minimum absolute atomic E-state index is 0.0487. The third-order valence-electron chi connectivity index (χ3n) is 5.87. The van der Waals surface area contributed by atoms with Gasteiger partial charge in [0.15, 0.2) is 6.10 Å². The van der Waals surface area contributed by atoms with Crippen LogP contribution in [0.5, 0.6) is 0 Å². The van der Waals surface area contributed by atoms with Crippen LogP contribution in [-0.2, 0) is 14.3 Å². The molecule has 2 N–H and O–H groups in total. The highest BCUT2D eigenvalue weighted by atomic mass is 32.1. The summed E-state index contributed by atoms with van der Waals surface area (Å²) in [6.07, 6.45) is 5.29. The smallest absolute Gasteiger partial charge is 0.342 e. The van der Waals surface area contributed by atoms with Crippen LogP contribution in [0.1, 0.15) is 73.2 Å². The van der Waals surface area contributed by atoms with Crippen molar-refractivity contribution in [1.82, 2.24) is 5.32 Å². The Morgan fingerprint density at radius 3 is 2.43 bits per heavy atom. The van der Waals surface area contributed by atoms with Crippen molar-refractivity contribution in [2.24, 2.45) is 11.8 Å². The number of thiophene rings is 1. The van der Waals surface area contributed by atoms with E-state index >= 15 is 0 Å². The highest BCUT2D eigenvalue weighted by molar-refractivity contribution is 7.16. The van der Waals surface area contributed by atoms with Crippen molar-refractivity contribution in [3.63, 3.8) is 0 Å². The number of rotatable bonds is 6. The highest BCUT2D eigenvalue weighted by Gasteiger charge is 2.33. The van der Waals surface area contributed by atoms with Crippen LogP contribution < -0.4 is 10.6 Å². The molecular formula is C21H30N2O4S. The summed E-state index contributed by atoms with van der Waals surface area (Å²) in [5, 5.41) is 6.42. The summed E-state index contributed by atoms with van der Waals surface area (Å²) in [4.78, 5) is 38.4. The molecule has 0 spiro atoms. The zero-order valence-corrected chi connectivity index (χ0v) is 17.9. The largest absolute Gasteiger partial charge is 0.449 e. The third-order valence-corrected chi connectivity index (χ3v) is 6.99. The van der Waals surface area contributed by atoms with Crippen LogP contribution in [0.4, 0.5) is 5.00 Å². The Bertz CT molecular complexity index is 769. The number of esters is 1. The minimum Gasteiger partial charge on any atom is -0.449 e. The lowest BCUT2D eigenvalue weighted by Crippen LogP contribution is -2.46. The lowest BCUT2D eigenvalue weighted by molar-refractivity contribution is -0.130. The first-order valence-electron chi connectivity index (χ1n) is 10.2. The van der Waals surface area contributed by atoms with E-state index in [-0.39, 0.29) is 23.8 Å². The van der Waals surface area contributed by atoms with Gasteiger partial charge in [0.1, 0.15) is 5.00 Å². The van der Waals surface area contributed by atoms with Gasteiger partial charge in [-0.15, -0.1) is 11.3 Å². The first-order valence-corrected chi connectivity index (χ1v) is 11.0. The molecule has 0 radical (unpaired) electrons. The van der Waals surface area contributed by atoms with E-state index in [1.807, 2.05) is 13.8 Å². The molecule has 0 aromatic carbocycles. The second-order valence-corrected chi connectivity index (χ2v) is 9.40. The number of hydrogen-bond acceptors (Lipinski definition) is 5. The van der Waals surface area contributed by atoms with Crippen molar-refractivity contribution in [3.05, 3.63) is 16.0 Å². The quantitative estimate of drug-likeness (QED) is 0.701. The van der Waals surface area contributed by atoms with Gasteiger partial charge < -0.3 is 15.4 Å². The number of hydrogen-bond donors (Lipinski definition) is 2. The Kier molecular flexibility index (Phi) is 6.43. The standard InChI is InChI=1S/C21H30N2O4S/c1-11-7-5-6-8-16(11)22-18(24)13(3)27-21(26)17-12(2)14(4)28-20(17)23-19(25)15-9-10-15/h11,13,15-16H,5-10H2,1-4H3,(H,22,24)(H,23,25)/t11-,13+,16-/m0/s1. The van der Waals surface area contributed by atoms with Gasteiger partial charge in [0.05, 0.1) is 5.56 Å². The average Bonchev–Trinajstić information content (AvgIpc) is 3.44. The van der Waals surface area contributed by atoms with Gasteiger partial charge in [-0.2, -0.15) is 0 Å². The lowest BCUT2D eigenvalue weighted by Gasteiger charge is -2.30. The molecule has 2 saturated carbocycles. The first-order chi connectivity index (χ1) is 13.3. The van der Waals surface area contributed by atoms with Crippen molar-refractivity contribution in [2.45, 2.75) is 78.4 Å². The fourth-order valence-electron chi connectivity index (χ4n) is 3.62. The summed E-state index contributed by atoms with van der Waals surface area (Å²) in [6, 6.07) is 0.140. The van der Waals surface area contributed by atoms with E-state index in [1.165, 1.54) is 17.8 Å². The lowest BCUT2D eigenvalue weighted by atomic mass is 9.86. The van der Waals surface area contributed by atoms with E-state index in [2.05, 4.69) is 17.6 Å². The van der Waals surface area contributed by atoms with Gasteiger partial charge in [-0.1, -0.05) is 19.8 Å². The van der Waals surface area contributed by atoms with E-state index in [0.29, 0.717) is 16.5 Å². The van der Waals surface area contributed by atoms with Gasteiger partial charge in [-0.05, 0) is 57.9 Å². The molecule has 0 aliphatic heterocycles. The Morgan fingerprint density at radius 1 is 1.11 bits per heavy atom. The zero-order chi connectivity index (χ0) is 20.4. The molecule has 0 unspecified atom stereocenters. The second-order valence-electron chi connectivity index (χ2n) is 8.18. The molecule has 0 bridgehead atoms. The highest BCUT2D eigenvalue weighted by Crippen LogP contribution is 2.36. The molecule has 2 aliphatic carbocycles. The zero-order valence-electron chi connectivity index (χ0n) is 17.1. The second kappa shape index (κ2) is 8.64. The number of amides is 2. The van der Waals surface area contributed by atoms with Gasteiger partial charge in [-0.25, -0.2) is 4.79 Å². The Morgan fingerprint density at radius 2 is 1.79 bits per heavy atom. The minimum atomic E-state index is -0.881. The number of ether oxygens (including phenoxy) is 1. The van der Waals surface area contributed by atoms with E-state index in [1.54, 1.807) is 6.92 Å². The SMILES string of the molecule is Cc1sc(NC(=O)C2CC2)c(C(=O)O[C@H](C)C(=O)N[C@H]2CCCC[C@@H]2C)c1C. The van der Waals surface area contributed by atoms with Crippen LogP contribution in [0.2, 0.25) is 0 Å². The van der Waals surface area contributed by atoms with Crippen LogP contribution in [0.3, 0.4) is 0 Å². The molecule has 1 aromatic rings. The number of aryl methyl sites for hydroxylation is 1. The maximum atomic E-state index is 12.8. The van der Waals surface area contributed by atoms with Gasteiger partial charge in [0.2, 0.25) is 5.91 Å². The predicted octanol–water partition coefficient (Wildman–Crippen LogP) is 3.95. The van der Waals surface area contributed by atoms with E-state index < -0.39 is 12.1 Å². The van der Waals surface area contributed by atoms with Crippen molar-refractivity contribution in [3.8, 4) is 0 Å².